The Morgan fingerprint density at radius 2 is 0.789 bits per heavy atom. The van der Waals surface area contributed by atoms with Crippen LogP contribution >= 0.6 is 23.1 Å². The van der Waals surface area contributed by atoms with E-state index >= 15 is 0 Å². The molecule has 0 N–H and O–H groups in total. The fraction of sp³-hybridized carbons (Fsp3) is 0. The highest BCUT2D eigenvalue weighted by Crippen LogP contribution is 2.12. The summed E-state index contributed by atoms with van der Waals surface area (Å²) in [5.74, 6) is 0. The van der Waals surface area contributed by atoms with Crippen LogP contribution in [0.4, 0.5) is 0 Å². The molecule has 9 heteroatoms. The lowest BCUT2D eigenvalue weighted by atomic mass is 10.2. The summed E-state index contributed by atoms with van der Waals surface area (Å²) in [5.41, 5.74) is 6.91. The molecule has 5 aromatic heterocycles. The van der Waals surface area contributed by atoms with Crippen LogP contribution in [0, 0.1) is 0 Å². The van der Waals surface area contributed by atoms with Gasteiger partial charge in [-0.3, -0.25) is 24.9 Å². The summed E-state index contributed by atoms with van der Waals surface area (Å²) in [5, 5.41) is 5.18. The number of thiophene rings is 1. The maximum atomic E-state index is 4.18. The van der Waals surface area contributed by atoms with Gasteiger partial charge < -0.3 is 0 Å². The van der Waals surface area contributed by atoms with Crippen molar-refractivity contribution in [3.8, 4) is 0 Å². The van der Waals surface area contributed by atoms with Gasteiger partial charge in [0.1, 0.15) is 11.0 Å². The highest BCUT2D eigenvalue weighted by molar-refractivity contribution is 7.09. The lowest BCUT2D eigenvalue weighted by Gasteiger charge is -1.91. The van der Waals surface area contributed by atoms with Crippen molar-refractivity contribution in [3.05, 3.63) is 127 Å². The molecule has 0 amide bonds. The van der Waals surface area contributed by atoms with Crippen LogP contribution in [0.25, 0.3) is 44.0 Å². The summed E-state index contributed by atoms with van der Waals surface area (Å²) in [6.45, 7) is 0. The highest BCUT2D eigenvalue weighted by atomic mass is 32.1. The van der Waals surface area contributed by atoms with Crippen molar-refractivity contribution in [2.24, 2.45) is 0 Å². The van der Waals surface area contributed by atoms with E-state index < -0.39 is 0 Å². The van der Waals surface area contributed by atoms with Crippen molar-refractivity contribution in [3.63, 3.8) is 0 Å². The van der Waals surface area contributed by atoms with Crippen LogP contribution < -0.4 is 0 Å². The summed E-state index contributed by atoms with van der Waals surface area (Å²) >= 11 is 2.88. The number of fused-ring (bicyclic) bond motifs is 4. The first-order chi connectivity index (χ1) is 18.9. The number of nitrogens with zero attached hydrogens (tertiary/aromatic N) is 7. The molecule has 0 aliphatic rings. The summed E-state index contributed by atoms with van der Waals surface area (Å²) in [6, 6.07) is 27.7. The molecule has 8 aromatic rings. The van der Waals surface area contributed by atoms with E-state index in [1.807, 2.05) is 89.8 Å². The van der Waals surface area contributed by atoms with Gasteiger partial charge >= 0.3 is 0 Å². The molecule has 0 spiro atoms. The van der Waals surface area contributed by atoms with Crippen LogP contribution in [0.3, 0.4) is 0 Å². The van der Waals surface area contributed by atoms with E-state index in [1.165, 1.54) is 17.1 Å². The topological polar surface area (TPSA) is 90.2 Å². The molecule has 38 heavy (non-hydrogen) atoms. The standard InChI is InChI=1S/C9H7N.C8H6N2.2C6H4N2S/c1-2-6-9-8(4-1)5-3-7-10-9;1-2-4-8-7(3-1)9-5-6-10-8;1-2-8-6-4-9-3-5(6)7-1;1-2-4-6-5(3-1)7-9-8-6/h1-7H;1-6H;2*1-4H. The average Bonchev–Trinajstić information content (AvgIpc) is 3.68. The van der Waals surface area contributed by atoms with E-state index in [0.29, 0.717) is 0 Å². The van der Waals surface area contributed by atoms with Crippen molar-refractivity contribution in [1.29, 1.82) is 0 Å². The number of pyridine rings is 1. The van der Waals surface area contributed by atoms with Crippen LogP contribution in [0.2, 0.25) is 0 Å². The van der Waals surface area contributed by atoms with Gasteiger partial charge in [-0.05, 0) is 36.4 Å². The Hall–Kier alpha value is -4.73. The zero-order valence-electron chi connectivity index (χ0n) is 20.1. The summed E-state index contributed by atoms with van der Waals surface area (Å²) in [4.78, 5) is 20.6. The van der Waals surface area contributed by atoms with E-state index in [1.54, 1.807) is 36.1 Å². The predicted molar refractivity (Wildman–Crippen MR) is 156 cm³/mol. The number of hydrogen-bond acceptors (Lipinski definition) is 9. The zero-order valence-corrected chi connectivity index (χ0v) is 21.7. The maximum absolute atomic E-state index is 4.18. The fourth-order valence-electron chi connectivity index (χ4n) is 3.36. The Labute approximate surface area is 226 Å². The maximum Gasteiger partial charge on any atom is 0.104 e. The third kappa shape index (κ3) is 6.73. The Kier molecular flexibility index (Phi) is 8.53. The first-order valence-electron chi connectivity index (χ1n) is 11.6. The Morgan fingerprint density at radius 3 is 1.34 bits per heavy atom. The minimum atomic E-state index is 0.949. The third-order valence-corrected chi connectivity index (χ3v) is 6.44. The van der Waals surface area contributed by atoms with Crippen LogP contribution in [-0.4, -0.2) is 33.7 Å². The predicted octanol–water partition coefficient (Wildman–Crippen LogP) is 7.25. The molecule has 0 unspecified atom stereocenters. The van der Waals surface area contributed by atoms with Gasteiger partial charge in [-0.2, -0.15) is 8.75 Å². The molecular weight excluding hydrogens is 511 g/mol. The molecule has 0 aliphatic carbocycles. The van der Waals surface area contributed by atoms with E-state index in [2.05, 4.69) is 45.8 Å². The molecule has 0 aliphatic heterocycles. The Morgan fingerprint density at radius 1 is 0.368 bits per heavy atom. The minimum absolute atomic E-state index is 0.949. The first-order valence-corrected chi connectivity index (χ1v) is 13.3. The molecule has 5 heterocycles. The van der Waals surface area contributed by atoms with Gasteiger partial charge in [-0.25, -0.2) is 0 Å². The number of rotatable bonds is 0. The zero-order chi connectivity index (χ0) is 25.8. The molecule has 8 rings (SSSR count). The second-order valence-corrected chi connectivity index (χ2v) is 8.96. The molecule has 184 valence electrons. The molecule has 0 saturated carbocycles. The number of para-hydroxylation sites is 3. The molecule has 3 aromatic carbocycles. The summed E-state index contributed by atoms with van der Waals surface area (Å²) < 4.78 is 8.10. The van der Waals surface area contributed by atoms with Crippen LogP contribution in [0.15, 0.2) is 127 Å². The quantitative estimate of drug-likeness (QED) is 0.204. The van der Waals surface area contributed by atoms with Gasteiger partial charge in [0.05, 0.1) is 39.3 Å². The smallest absolute Gasteiger partial charge is 0.104 e. The van der Waals surface area contributed by atoms with Crippen molar-refractivity contribution >= 4 is 67.1 Å². The van der Waals surface area contributed by atoms with Crippen molar-refractivity contribution in [1.82, 2.24) is 33.7 Å². The van der Waals surface area contributed by atoms with E-state index in [0.717, 1.165) is 38.6 Å². The van der Waals surface area contributed by atoms with Gasteiger partial charge in [0, 0.05) is 47.1 Å². The number of hydrogen-bond donors (Lipinski definition) is 0. The van der Waals surface area contributed by atoms with Gasteiger partial charge in [-0.1, -0.05) is 48.5 Å². The van der Waals surface area contributed by atoms with Gasteiger partial charge in [0.25, 0.3) is 0 Å². The SMILES string of the molecule is c1ccc2ncccc2c1.c1ccc2nccnc2c1.c1ccc2nsnc2c1.c1cnc2cscc2n1. The lowest BCUT2D eigenvalue weighted by Crippen LogP contribution is -1.78. The second-order valence-electron chi connectivity index (χ2n) is 7.69. The lowest BCUT2D eigenvalue weighted by molar-refractivity contribution is 1.29. The molecule has 0 radical (unpaired) electrons. The molecule has 0 bridgehead atoms. The Balaban J connectivity index is 0.000000103. The number of aromatic nitrogens is 7. The van der Waals surface area contributed by atoms with Crippen molar-refractivity contribution in [2.75, 3.05) is 0 Å². The monoisotopic (exact) mass is 531 g/mol. The summed E-state index contributed by atoms with van der Waals surface area (Å²) in [7, 11) is 0. The molecule has 0 fully saturated rings. The van der Waals surface area contributed by atoms with Crippen molar-refractivity contribution < 1.29 is 0 Å². The van der Waals surface area contributed by atoms with Crippen molar-refractivity contribution in [2.45, 2.75) is 0 Å². The normalized spacial score (nSPS) is 10.1. The van der Waals surface area contributed by atoms with Gasteiger partial charge in [-0.15, -0.1) is 11.3 Å². The average molecular weight is 532 g/mol. The molecular formula is C29H21N7S2. The minimum Gasteiger partial charge on any atom is -0.256 e. The largest absolute Gasteiger partial charge is 0.256 e. The van der Waals surface area contributed by atoms with Crippen LogP contribution in [-0.2, 0) is 0 Å². The highest BCUT2D eigenvalue weighted by Gasteiger charge is 1.92. The molecule has 0 saturated heterocycles. The molecule has 7 nitrogen and oxygen atoms in total. The van der Waals surface area contributed by atoms with E-state index in [-0.39, 0.29) is 0 Å². The third-order valence-electron chi connectivity index (χ3n) is 5.16. The van der Waals surface area contributed by atoms with Crippen LogP contribution in [0.5, 0.6) is 0 Å². The first kappa shape index (κ1) is 24.9. The summed E-state index contributed by atoms with van der Waals surface area (Å²) in [6.07, 6.45) is 8.61. The molecule has 0 atom stereocenters. The van der Waals surface area contributed by atoms with Gasteiger partial charge in [0.2, 0.25) is 0 Å². The van der Waals surface area contributed by atoms with E-state index in [4.69, 9.17) is 0 Å². The van der Waals surface area contributed by atoms with Gasteiger partial charge in [0.15, 0.2) is 0 Å². The Bertz CT molecular complexity index is 1540. The van der Waals surface area contributed by atoms with Crippen LogP contribution in [0.1, 0.15) is 0 Å². The second kappa shape index (κ2) is 13.0. The van der Waals surface area contributed by atoms with E-state index in [9.17, 15) is 0 Å². The fourth-order valence-corrected chi connectivity index (χ4v) is 4.57. The number of benzene rings is 3.